The molecule has 0 aliphatic rings. The maximum absolute atomic E-state index is 12.3. The van der Waals surface area contributed by atoms with Crippen molar-refractivity contribution >= 4 is 22.8 Å². The molecule has 3 aromatic rings. The van der Waals surface area contributed by atoms with Crippen molar-refractivity contribution in [1.82, 2.24) is 14.5 Å². The number of aryl methyl sites for hydroxylation is 2. The molecule has 0 spiro atoms. The lowest BCUT2D eigenvalue weighted by Gasteiger charge is -2.08. The monoisotopic (exact) mass is 347 g/mol. The van der Waals surface area contributed by atoms with Gasteiger partial charge in [-0.05, 0) is 36.2 Å². The molecule has 6 heteroatoms. The van der Waals surface area contributed by atoms with E-state index in [-0.39, 0.29) is 5.91 Å². The van der Waals surface area contributed by atoms with Crippen molar-refractivity contribution in [2.24, 2.45) is 0 Å². The van der Waals surface area contributed by atoms with Gasteiger partial charge in [0.05, 0.1) is 12.5 Å². The van der Waals surface area contributed by atoms with Gasteiger partial charge in [-0.3, -0.25) is 4.79 Å². The number of hydrogen-bond acceptors (Lipinski definition) is 4. The molecule has 0 aliphatic heterocycles. The number of benzene rings is 1. The molecule has 2 aromatic heterocycles. The zero-order valence-electron chi connectivity index (χ0n) is 14.8. The number of fused-ring (bicyclic) bond motifs is 1. The Morgan fingerprint density at radius 1 is 1.27 bits per heavy atom. The minimum absolute atomic E-state index is 0.0545. The minimum Gasteiger partial charge on any atom is -0.326 e. The Balaban J connectivity index is 1.65. The molecular formula is C20H21N5O. The Kier molecular flexibility index (Phi) is 5.59. The van der Waals surface area contributed by atoms with Gasteiger partial charge in [0.15, 0.2) is 5.65 Å². The summed E-state index contributed by atoms with van der Waals surface area (Å²) in [5, 5.41) is 11.6. The molecular weight excluding hydrogens is 326 g/mol. The summed E-state index contributed by atoms with van der Waals surface area (Å²) >= 11 is 0. The van der Waals surface area contributed by atoms with Crippen molar-refractivity contribution in [3.8, 4) is 6.07 Å². The van der Waals surface area contributed by atoms with Crippen LogP contribution in [0.25, 0.3) is 11.2 Å². The molecule has 3 rings (SSSR count). The highest BCUT2D eigenvalue weighted by molar-refractivity contribution is 5.90. The van der Waals surface area contributed by atoms with Crippen molar-refractivity contribution in [3.05, 3.63) is 54.0 Å². The summed E-state index contributed by atoms with van der Waals surface area (Å²) < 4.78 is 2.10. The van der Waals surface area contributed by atoms with E-state index in [1.54, 1.807) is 6.20 Å². The first-order valence-corrected chi connectivity index (χ1v) is 8.77. The average molecular weight is 347 g/mol. The third-order valence-corrected chi connectivity index (χ3v) is 4.13. The van der Waals surface area contributed by atoms with Crippen molar-refractivity contribution in [1.29, 1.82) is 5.26 Å². The number of nitrogens with one attached hydrogen (secondary N) is 1. The number of rotatable bonds is 7. The number of nitrogens with zero attached hydrogens (tertiary/aromatic N) is 4. The lowest BCUT2D eigenvalue weighted by atomic mass is 10.1. The van der Waals surface area contributed by atoms with Gasteiger partial charge in [-0.1, -0.05) is 19.1 Å². The van der Waals surface area contributed by atoms with Gasteiger partial charge in [0.25, 0.3) is 0 Å². The van der Waals surface area contributed by atoms with Crippen molar-refractivity contribution in [2.45, 2.75) is 39.2 Å². The predicted molar refractivity (Wildman–Crippen MR) is 101 cm³/mol. The molecule has 1 aromatic carbocycles. The molecule has 0 atom stereocenters. The van der Waals surface area contributed by atoms with Crippen LogP contribution in [0.15, 0.2) is 42.6 Å². The van der Waals surface area contributed by atoms with Crippen LogP contribution in [0.4, 0.5) is 5.69 Å². The smallest absolute Gasteiger partial charge is 0.224 e. The average Bonchev–Trinajstić information content (AvgIpc) is 3.00. The largest absolute Gasteiger partial charge is 0.326 e. The molecule has 6 nitrogen and oxygen atoms in total. The van der Waals surface area contributed by atoms with Crippen LogP contribution in [0.2, 0.25) is 0 Å². The highest BCUT2D eigenvalue weighted by atomic mass is 16.1. The third-order valence-electron chi connectivity index (χ3n) is 4.13. The van der Waals surface area contributed by atoms with Crippen LogP contribution in [0, 0.1) is 11.3 Å². The molecule has 0 unspecified atom stereocenters. The topological polar surface area (TPSA) is 83.6 Å². The number of amides is 1. The summed E-state index contributed by atoms with van der Waals surface area (Å²) in [6.07, 6.45) is 4.04. The van der Waals surface area contributed by atoms with E-state index in [2.05, 4.69) is 32.8 Å². The second-order valence-electron chi connectivity index (χ2n) is 6.11. The molecule has 0 saturated heterocycles. The Bertz CT molecular complexity index is 937. The van der Waals surface area contributed by atoms with E-state index in [1.807, 2.05) is 36.4 Å². The fraction of sp³-hybridized carbons (Fsp3) is 0.300. The molecule has 0 fully saturated rings. The normalized spacial score (nSPS) is 10.6. The summed E-state index contributed by atoms with van der Waals surface area (Å²) in [4.78, 5) is 21.3. The van der Waals surface area contributed by atoms with Crippen LogP contribution in [0.5, 0.6) is 0 Å². The number of carbonyl (C=O) groups excluding carboxylic acids is 1. The number of imidazole rings is 1. The minimum atomic E-state index is -0.0545. The van der Waals surface area contributed by atoms with Gasteiger partial charge in [-0.15, -0.1) is 0 Å². The van der Waals surface area contributed by atoms with E-state index in [9.17, 15) is 4.79 Å². The van der Waals surface area contributed by atoms with Crippen LogP contribution < -0.4 is 5.32 Å². The molecule has 1 amide bonds. The van der Waals surface area contributed by atoms with Gasteiger partial charge >= 0.3 is 0 Å². The maximum atomic E-state index is 12.3. The summed E-state index contributed by atoms with van der Waals surface area (Å²) in [5.74, 6) is 0.834. The van der Waals surface area contributed by atoms with Gasteiger partial charge in [0, 0.05) is 31.3 Å². The van der Waals surface area contributed by atoms with E-state index in [0.717, 1.165) is 41.2 Å². The van der Waals surface area contributed by atoms with Gasteiger partial charge < -0.3 is 9.88 Å². The molecule has 0 radical (unpaired) electrons. The number of hydrogen-bond donors (Lipinski definition) is 1. The standard InChI is InChI=1S/C20H21N5O/c1-2-14-25-18(24-17-4-3-13-22-20(17)25)9-10-19(26)23-16-7-5-15(6-8-16)11-12-21/h3-8,13H,2,9-11,14H2,1H3,(H,23,26). The second kappa shape index (κ2) is 8.26. The Labute approximate surface area is 152 Å². The lowest BCUT2D eigenvalue weighted by Crippen LogP contribution is -2.14. The SMILES string of the molecule is CCCn1c(CCC(=O)Nc2ccc(CC#N)cc2)nc2cccnc21. The van der Waals surface area contributed by atoms with Gasteiger partial charge in [0.1, 0.15) is 11.3 Å². The zero-order valence-corrected chi connectivity index (χ0v) is 14.8. The first-order valence-electron chi connectivity index (χ1n) is 8.77. The van der Waals surface area contributed by atoms with E-state index in [1.165, 1.54) is 0 Å². The third kappa shape index (κ3) is 4.06. The fourth-order valence-electron chi connectivity index (χ4n) is 2.90. The molecule has 2 heterocycles. The molecule has 0 saturated carbocycles. The van der Waals surface area contributed by atoms with E-state index < -0.39 is 0 Å². The van der Waals surface area contributed by atoms with Crippen molar-refractivity contribution < 1.29 is 4.79 Å². The zero-order chi connectivity index (χ0) is 18.4. The van der Waals surface area contributed by atoms with Crippen LogP contribution in [-0.2, 0) is 24.2 Å². The van der Waals surface area contributed by atoms with Gasteiger partial charge in [-0.2, -0.15) is 5.26 Å². The molecule has 26 heavy (non-hydrogen) atoms. The highest BCUT2D eigenvalue weighted by Crippen LogP contribution is 2.16. The number of nitriles is 1. The van der Waals surface area contributed by atoms with Crippen LogP contribution in [0.3, 0.4) is 0 Å². The number of anilines is 1. The first-order chi connectivity index (χ1) is 12.7. The Hall–Kier alpha value is -3.20. The number of pyridine rings is 1. The Morgan fingerprint density at radius 3 is 2.81 bits per heavy atom. The Morgan fingerprint density at radius 2 is 2.08 bits per heavy atom. The van der Waals surface area contributed by atoms with Crippen LogP contribution in [-0.4, -0.2) is 20.4 Å². The molecule has 0 bridgehead atoms. The second-order valence-corrected chi connectivity index (χ2v) is 6.11. The number of carbonyl (C=O) groups is 1. The lowest BCUT2D eigenvalue weighted by molar-refractivity contribution is -0.116. The summed E-state index contributed by atoms with van der Waals surface area (Å²) in [6.45, 7) is 2.95. The molecule has 0 aliphatic carbocycles. The van der Waals surface area contributed by atoms with Crippen molar-refractivity contribution in [2.75, 3.05) is 5.32 Å². The van der Waals surface area contributed by atoms with Gasteiger partial charge in [-0.25, -0.2) is 9.97 Å². The van der Waals surface area contributed by atoms with Crippen LogP contribution >= 0.6 is 0 Å². The predicted octanol–water partition coefficient (Wildman–Crippen LogP) is 3.48. The first kappa shape index (κ1) is 17.6. The molecule has 132 valence electrons. The van der Waals surface area contributed by atoms with Crippen LogP contribution in [0.1, 0.15) is 31.2 Å². The molecule has 1 N–H and O–H groups in total. The van der Waals surface area contributed by atoms with E-state index >= 15 is 0 Å². The van der Waals surface area contributed by atoms with E-state index in [4.69, 9.17) is 5.26 Å². The highest BCUT2D eigenvalue weighted by Gasteiger charge is 2.12. The summed E-state index contributed by atoms with van der Waals surface area (Å²) in [6, 6.07) is 13.3. The summed E-state index contributed by atoms with van der Waals surface area (Å²) in [5.41, 5.74) is 3.41. The summed E-state index contributed by atoms with van der Waals surface area (Å²) in [7, 11) is 0. The van der Waals surface area contributed by atoms with Gasteiger partial charge in [0.2, 0.25) is 5.91 Å². The quantitative estimate of drug-likeness (QED) is 0.709. The maximum Gasteiger partial charge on any atom is 0.224 e. The number of aromatic nitrogens is 3. The fourth-order valence-corrected chi connectivity index (χ4v) is 2.90. The van der Waals surface area contributed by atoms with Crippen molar-refractivity contribution in [3.63, 3.8) is 0 Å². The van der Waals surface area contributed by atoms with E-state index in [0.29, 0.717) is 19.3 Å².